The Kier molecular flexibility index (Phi) is 2.46. The predicted molar refractivity (Wildman–Crippen MR) is 78.0 cm³/mol. The number of fused-ring (bicyclic) bond motifs is 2. The Morgan fingerprint density at radius 2 is 1.74 bits per heavy atom. The van der Waals surface area contributed by atoms with E-state index < -0.39 is 0 Å². The van der Waals surface area contributed by atoms with Crippen LogP contribution in [-0.4, -0.2) is 5.11 Å². The molecule has 0 bridgehead atoms. The number of rotatable bonds is 2. The number of aliphatic hydroxyl groups is 1. The highest BCUT2D eigenvalue weighted by Crippen LogP contribution is 2.57. The van der Waals surface area contributed by atoms with Crippen molar-refractivity contribution < 1.29 is 5.11 Å². The third-order valence-corrected chi connectivity index (χ3v) is 5.21. The van der Waals surface area contributed by atoms with Gasteiger partial charge in [-0.1, -0.05) is 36.4 Å². The Labute approximate surface area is 114 Å². The summed E-state index contributed by atoms with van der Waals surface area (Å²) in [4.78, 5) is 0. The van der Waals surface area contributed by atoms with Gasteiger partial charge in [-0.05, 0) is 65.8 Å². The average molecular weight is 252 g/mol. The Morgan fingerprint density at radius 1 is 1.00 bits per heavy atom. The fourth-order valence-electron chi connectivity index (χ4n) is 4.05. The molecule has 2 aliphatic rings. The molecule has 2 aromatic carbocycles. The van der Waals surface area contributed by atoms with Crippen molar-refractivity contribution in [3.8, 4) is 0 Å². The first-order valence-electron chi connectivity index (χ1n) is 7.40. The van der Waals surface area contributed by atoms with Crippen LogP contribution in [0, 0.1) is 24.7 Å². The molecular formula is C18H20O. The van der Waals surface area contributed by atoms with Crippen molar-refractivity contribution in [1.82, 2.24) is 0 Å². The smallest absolute Gasteiger partial charge is 0.0826 e. The molecule has 19 heavy (non-hydrogen) atoms. The summed E-state index contributed by atoms with van der Waals surface area (Å²) in [7, 11) is 0. The molecule has 2 fully saturated rings. The van der Waals surface area contributed by atoms with Crippen LogP contribution >= 0.6 is 0 Å². The summed E-state index contributed by atoms with van der Waals surface area (Å²) in [6.07, 6.45) is 3.60. The fraction of sp³-hybridized carbons (Fsp3) is 0.444. The zero-order valence-electron chi connectivity index (χ0n) is 11.3. The molecule has 3 unspecified atom stereocenters. The SMILES string of the molecule is Cc1ccc2ccccc2c1C(O)C1CC2CC2C1. The van der Waals surface area contributed by atoms with Gasteiger partial charge in [0, 0.05) is 0 Å². The first-order valence-corrected chi connectivity index (χ1v) is 7.40. The van der Waals surface area contributed by atoms with E-state index in [0.29, 0.717) is 5.92 Å². The van der Waals surface area contributed by atoms with Gasteiger partial charge in [0.25, 0.3) is 0 Å². The van der Waals surface area contributed by atoms with Crippen LogP contribution in [0.5, 0.6) is 0 Å². The van der Waals surface area contributed by atoms with Gasteiger partial charge in [0.05, 0.1) is 6.10 Å². The van der Waals surface area contributed by atoms with Crippen molar-refractivity contribution in [2.75, 3.05) is 0 Å². The average Bonchev–Trinajstić information content (AvgIpc) is 3.04. The minimum atomic E-state index is -0.279. The van der Waals surface area contributed by atoms with E-state index >= 15 is 0 Å². The summed E-state index contributed by atoms with van der Waals surface area (Å²) < 4.78 is 0. The van der Waals surface area contributed by atoms with Gasteiger partial charge in [-0.25, -0.2) is 0 Å². The van der Waals surface area contributed by atoms with Gasteiger partial charge < -0.3 is 5.11 Å². The molecule has 2 saturated carbocycles. The molecule has 1 nitrogen and oxygen atoms in total. The third kappa shape index (κ3) is 1.80. The maximum atomic E-state index is 10.8. The molecule has 3 atom stereocenters. The second kappa shape index (κ2) is 4.08. The lowest BCUT2D eigenvalue weighted by atomic mass is 9.86. The van der Waals surface area contributed by atoms with Gasteiger partial charge >= 0.3 is 0 Å². The van der Waals surface area contributed by atoms with Gasteiger partial charge in [-0.3, -0.25) is 0 Å². The predicted octanol–water partition coefficient (Wildman–Crippen LogP) is 4.23. The minimum absolute atomic E-state index is 0.279. The Morgan fingerprint density at radius 3 is 2.53 bits per heavy atom. The number of aryl methyl sites for hydroxylation is 1. The zero-order chi connectivity index (χ0) is 13.0. The van der Waals surface area contributed by atoms with Crippen molar-refractivity contribution >= 4 is 10.8 Å². The normalized spacial score (nSPS) is 30.3. The van der Waals surface area contributed by atoms with Crippen LogP contribution in [-0.2, 0) is 0 Å². The summed E-state index contributed by atoms with van der Waals surface area (Å²) in [5.74, 6) is 2.33. The quantitative estimate of drug-likeness (QED) is 0.848. The lowest BCUT2D eigenvalue weighted by Gasteiger charge is -2.23. The van der Waals surface area contributed by atoms with E-state index in [0.717, 1.165) is 11.8 Å². The monoisotopic (exact) mass is 252 g/mol. The number of benzene rings is 2. The largest absolute Gasteiger partial charge is 0.388 e. The molecule has 0 heterocycles. The summed E-state index contributed by atoms with van der Waals surface area (Å²) in [5.41, 5.74) is 2.40. The lowest BCUT2D eigenvalue weighted by Crippen LogP contribution is -2.12. The zero-order valence-corrected chi connectivity index (χ0v) is 11.3. The number of aliphatic hydroxyl groups excluding tert-OH is 1. The Bertz CT molecular complexity index is 621. The van der Waals surface area contributed by atoms with E-state index in [1.165, 1.54) is 41.2 Å². The van der Waals surface area contributed by atoms with Crippen molar-refractivity contribution in [2.24, 2.45) is 17.8 Å². The van der Waals surface area contributed by atoms with E-state index in [4.69, 9.17) is 0 Å². The van der Waals surface area contributed by atoms with Crippen LogP contribution in [0.25, 0.3) is 10.8 Å². The molecule has 2 aromatic rings. The van der Waals surface area contributed by atoms with Crippen LogP contribution in [0.3, 0.4) is 0 Å². The molecule has 0 saturated heterocycles. The summed E-state index contributed by atoms with van der Waals surface area (Å²) in [6.45, 7) is 2.13. The lowest BCUT2D eigenvalue weighted by molar-refractivity contribution is 0.105. The molecule has 0 radical (unpaired) electrons. The van der Waals surface area contributed by atoms with Crippen LogP contribution < -0.4 is 0 Å². The van der Waals surface area contributed by atoms with E-state index in [1.54, 1.807) is 0 Å². The summed E-state index contributed by atoms with van der Waals surface area (Å²) in [5, 5.41) is 13.3. The Balaban J connectivity index is 1.78. The maximum absolute atomic E-state index is 10.8. The van der Waals surface area contributed by atoms with Gasteiger partial charge in [-0.15, -0.1) is 0 Å². The van der Waals surface area contributed by atoms with Crippen molar-refractivity contribution in [1.29, 1.82) is 0 Å². The van der Waals surface area contributed by atoms with Crippen molar-refractivity contribution in [3.05, 3.63) is 47.5 Å². The van der Waals surface area contributed by atoms with Gasteiger partial charge in [0.15, 0.2) is 0 Å². The number of hydrogen-bond donors (Lipinski definition) is 1. The molecule has 0 spiro atoms. The van der Waals surface area contributed by atoms with Gasteiger partial charge in [-0.2, -0.15) is 0 Å². The minimum Gasteiger partial charge on any atom is -0.388 e. The molecule has 1 N–H and O–H groups in total. The van der Waals surface area contributed by atoms with E-state index in [1.807, 2.05) is 0 Å². The second-order valence-electron chi connectivity index (χ2n) is 6.45. The second-order valence-corrected chi connectivity index (χ2v) is 6.45. The van der Waals surface area contributed by atoms with E-state index in [9.17, 15) is 5.11 Å². The summed E-state index contributed by atoms with van der Waals surface area (Å²) in [6, 6.07) is 12.7. The molecule has 0 aromatic heterocycles. The highest BCUT2D eigenvalue weighted by molar-refractivity contribution is 5.87. The highest BCUT2D eigenvalue weighted by Gasteiger charge is 2.48. The summed E-state index contributed by atoms with van der Waals surface area (Å²) >= 11 is 0. The van der Waals surface area contributed by atoms with Gasteiger partial charge in [0.2, 0.25) is 0 Å². The Hall–Kier alpha value is -1.34. The van der Waals surface area contributed by atoms with Crippen molar-refractivity contribution in [2.45, 2.75) is 32.3 Å². The molecule has 0 amide bonds. The van der Waals surface area contributed by atoms with Crippen LogP contribution in [0.15, 0.2) is 36.4 Å². The van der Waals surface area contributed by atoms with Crippen LogP contribution in [0.1, 0.15) is 36.5 Å². The molecule has 0 aliphatic heterocycles. The highest BCUT2D eigenvalue weighted by atomic mass is 16.3. The maximum Gasteiger partial charge on any atom is 0.0826 e. The van der Waals surface area contributed by atoms with E-state index in [-0.39, 0.29) is 6.10 Å². The first kappa shape index (κ1) is 11.5. The van der Waals surface area contributed by atoms with E-state index in [2.05, 4.69) is 43.3 Å². The molecular weight excluding hydrogens is 232 g/mol. The van der Waals surface area contributed by atoms with Crippen LogP contribution in [0.4, 0.5) is 0 Å². The molecule has 1 heteroatoms. The van der Waals surface area contributed by atoms with Crippen LogP contribution in [0.2, 0.25) is 0 Å². The van der Waals surface area contributed by atoms with Crippen molar-refractivity contribution in [3.63, 3.8) is 0 Å². The molecule has 98 valence electrons. The molecule has 4 rings (SSSR count). The molecule has 2 aliphatic carbocycles. The first-order chi connectivity index (χ1) is 9.24. The van der Waals surface area contributed by atoms with Gasteiger partial charge in [0.1, 0.15) is 0 Å². The topological polar surface area (TPSA) is 20.2 Å². The third-order valence-electron chi connectivity index (χ3n) is 5.21. The number of hydrogen-bond acceptors (Lipinski definition) is 1. The standard InChI is InChI=1S/C18H20O/c1-11-6-7-12-4-2-3-5-16(12)17(11)18(19)15-9-13-8-14(13)10-15/h2-7,13-15,18-19H,8-10H2,1H3. The fourth-order valence-corrected chi connectivity index (χ4v) is 4.05.